The van der Waals surface area contributed by atoms with Gasteiger partial charge in [-0.25, -0.2) is 0 Å². The Kier molecular flexibility index (Phi) is 6.64. The van der Waals surface area contributed by atoms with E-state index in [0.717, 1.165) is 0 Å². The molecule has 0 aliphatic heterocycles. The third kappa shape index (κ3) is 6.59. The first-order valence-electron chi connectivity index (χ1n) is 6.63. The number of carbonyl (C=O) groups is 2. The van der Waals surface area contributed by atoms with Crippen molar-refractivity contribution in [2.45, 2.75) is 13.8 Å². The van der Waals surface area contributed by atoms with Gasteiger partial charge in [0.15, 0.2) is 0 Å². The van der Waals surface area contributed by atoms with Gasteiger partial charge in [-0.15, -0.1) is 0 Å². The van der Waals surface area contributed by atoms with Gasteiger partial charge < -0.3 is 16.8 Å². The van der Waals surface area contributed by atoms with Gasteiger partial charge in [0.25, 0.3) is 0 Å². The monoisotopic (exact) mass is 356 g/mol. The molecule has 7 heteroatoms. The first-order valence-corrected chi connectivity index (χ1v) is 7.42. The van der Waals surface area contributed by atoms with Crippen molar-refractivity contribution in [3.63, 3.8) is 0 Å². The normalized spacial score (nSPS) is 10.9. The summed E-state index contributed by atoms with van der Waals surface area (Å²) in [4.78, 5) is 24.8. The topological polar surface area (TPSA) is 101 Å². The van der Waals surface area contributed by atoms with E-state index in [1.54, 1.807) is 23.1 Å². The van der Waals surface area contributed by atoms with E-state index in [1.165, 1.54) is 0 Å². The van der Waals surface area contributed by atoms with Gasteiger partial charge in [0.1, 0.15) is 0 Å². The molecule has 1 rings (SSSR count). The summed E-state index contributed by atoms with van der Waals surface area (Å²) < 4.78 is 0.709. The molecule has 0 fully saturated rings. The number of nitrogens with zero attached hydrogens (tertiary/aromatic N) is 1. The van der Waals surface area contributed by atoms with Crippen LogP contribution in [0.25, 0.3) is 0 Å². The lowest BCUT2D eigenvalue weighted by atomic mass is 10.2. The number of nitrogen functional groups attached to an aromatic ring is 1. The van der Waals surface area contributed by atoms with Crippen LogP contribution in [-0.4, -0.2) is 36.3 Å². The van der Waals surface area contributed by atoms with E-state index in [0.29, 0.717) is 28.3 Å². The van der Waals surface area contributed by atoms with E-state index in [4.69, 9.17) is 11.5 Å². The van der Waals surface area contributed by atoms with Crippen LogP contribution in [0, 0.1) is 5.92 Å². The number of halogens is 1. The highest BCUT2D eigenvalue weighted by atomic mass is 79.9. The standard InChI is InChI=1S/C14H21BrN4O2/c1-9(2)6-19(7-13(17)20)8-14(21)18-12-4-3-10(16)5-11(12)15/h3-5,9H,6-8,16H2,1-2H3,(H2,17,20)(H,18,21). The van der Waals surface area contributed by atoms with Crippen LogP contribution in [0.3, 0.4) is 0 Å². The van der Waals surface area contributed by atoms with Crippen molar-refractivity contribution in [2.75, 3.05) is 30.7 Å². The van der Waals surface area contributed by atoms with E-state index in [9.17, 15) is 9.59 Å². The molecule has 0 bridgehead atoms. The van der Waals surface area contributed by atoms with Gasteiger partial charge in [-0.1, -0.05) is 13.8 Å². The van der Waals surface area contributed by atoms with Gasteiger partial charge >= 0.3 is 0 Å². The average molecular weight is 357 g/mol. The highest BCUT2D eigenvalue weighted by molar-refractivity contribution is 9.10. The number of primary amides is 1. The number of hydrogen-bond acceptors (Lipinski definition) is 4. The summed E-state index contributed by atoms with van der Waals surface area (Å²) >= 11 is 3.34. The predicted octanol–water partition coefficient (Wildman–Crippen LogP) is 1.41. The van der Waals surface area contributed by atoms with Gasteiger partial charge in [-0.3, -0.25) is 14.5 Å². The van der Waals surface area contributed by atoms with Gasteiger partial charge in [-0.05, 0) is 40.0 Å². The molecule has 0 saturated heterocycles. The van der Waals surface area contributed by atoms with Crippen molar-refractivity contribution >= 4 is 39.1 Å². The molecule has 0 aliphatic carbocycles. The summed E-state index contributed by atoms with van der Waals surface area (Å²) in [5.41, 5.74) is 12.1. The SMILES string of the molecule is CC(C)CN(CC(N)=O)CC(=O)Nc1ccc(N)cc1Br. The van der Waals surface area contributed by atoms with Crippen LogP contribution in [0.2, 0.25) is 0 Å². The zero-order valence-electron chi connectivity index (χ0n) is 12.2. The van der Waals surface area contributed by atoms with Crippen LogP contribution in [0.15, 0.2) is 22.7 Å². The zero-order chi connectivity index (χ0) is 16.0. The molecule has 0 saturated carbocycles. The minimum atomic E-state index is -0.447. The lowest BCUT2D eigenvalue weighted by Crippen LogP contribution is -2.41. The molecule has 0 radical (unpaired) electrons. The summed E-state index contributed by atoms with van der Waals surface area (Å²) in [6, 6.07) is 5.14. The molecule has 0 aromatic heterocycles. The Morgan fingerprint density at radius 2 is 2.00 bits per heavy atom. The van der Waals surface area contributed by atoms with Crippen LogP contribution < -0.4 is 16.8 Å². The Morgan fingerprint density at radius 3 is 2.52 bits per heavy atom. The number of nitrogens with two attached hydrogens (primary N) is 2. The fourth-order valence-electron chi connectivity index (χ4n) is 1.95. The molecular weight excluding hydrogens is 336 g/mol. The third-order valence-electron chi connectivity index (χ3n) is 2.64. The first-order chi connectivity index (χ1) is 9.77. The Bertz CT molecular complexity index is 520. The number of nitrogens with one attached hydrogen (secondary N) is 1. The smallest absolute Gasteiger partial charge is 0.238 e. The molecule has 2 amide bonds. The molecule has 1 aromatic rings. The van der Waals surface area contributed by atoms with Crippen molar-refractivity contribution in [3.05, 3.63) is 22.7 Å². The number of hydrogen-bond donors (Lipinski definition) is 3. The summed E-state index contributed by atoms with van der Waals surface area (Å²) in [7, 11) is 0. The van der Waals surface area contributed by atoms with Crippen LogP contribution in [-0.2, 0) is 9.59 Å². The molecule has 0 spiro atoms. The lowest BCUT2D eigenvalue weighted by molar-refractivity contribution is -0.121. The molecule has 5 N–H and O–H groups in total. The third-order valence-corrected chi connectivity index (χ3v) is 3.29. The second-order valence-electron chi connectivity index (χ2n) is 5.32. The maximum Gasteiger partial charge on any atom is 0.238 e. The maximum absolute atomic E-state index is 12.1. The minimum absolute atomic E-state index is 0.0640. The highest BCUT2D eigenvalue weighted by Gasteiger charge is 2.15. The molecule has 0 aliphatic rings. The number of anilines is 2. The van der Waals surface area contributed by atoms with Gasteiger partial charge in [0.05, 0.1) is 18.8 Å². The molecule has 0 unspecified atom stereocenters. The molecular formula is C14H21BrN4O2. The van der Waals surface area contributed by atoms with Crippen LogP contribution >= 0.6 is 15.9 Å². The number of amides is 2. The number of rotatable bonds is 7. The van der Waals surface area contributed by atoms with E-state index in [2.05, 4.69) is 21.2 Å². The van der Waals surface area contributed by atoms with E-state index in [-0.39, 0.29) is 19.0 Å². The number of carbonyl (C=O) groups excluding carboxylic acids is 2. The lowest BCUT2D eigenvalue weighted by Gasteiger charge is -2.22. The van der Waals surface area contributed by atoms with E-state index < -0.39 is 5.91 Å². The molecule has 0 atom stereocenters. The number of benzene rings is 1. The summed E-state index contributed by atoms with van der Waals surface area (Å²) in [5, 5.41) is 2.78. The van der Waals surface area contributed by atoms with E-state index >= 15 is 0 Å². The van der Waals surface area contributed by atoms with Crippen LogP contribution in [0.1, 0.15) is 13.8 Å². The minimum Gasteiger partial charge on any atom is -0.399 e. The second kappa shape index (κ2) is 7.99. The fourth-order valence-corrected chi connectivity index (χ4v) is 2.44. The van der Waals surface area contributed by atoms with Crippen molar-refractivity contribution in [2.24, 2.45) is 11.7 Å². The summed E-state index contributed by atoms with van der Waals surface area (Å²) in [6.45, 7) is 4.83. The predicted molar refractivity (Wildman–Crippen MR) is 87.7 cm³/mol. The van der Waals surface area contributed by atoms with Gasteiger partial charge in [0, 0.05) is 16.7 Å². The quantitative estimate of drug-likeness (QED) is 0.642. The first kappa shape index (κ1) is 17.5. The molecule has 1 aromatic carbocycles. The van der Waals surface area contributed by atoms with Crippen molar-refractivity contribution in [3.8, 4) is 0 Å². The van der Waals surface area contributed by atoms with Crippen molar-refractivity contribution in [1.82, 2.24) is 4.90 Å². The van der Waals surface area contributed by atoms with Gasteiger partial charge in [0.2, 0.25) is 11.8 Å². The highest BCUT2D eigenvalue weighted by Crippen LogP contribution is 2.24. The van der Waals surface area contributed by atoms with Gasteiger partial charge in [-0.2, -0.15) is 0 Å². The molecule has 0 heterocycles. The fraction of sp³-hybridized carbons (Fsp3) is 0.429. The van der Waals surface area contributed by atoms with Crippen molar-refractivity contribution < 1.29 is 9.59 Å². The molecule has 6 nitrogen and oxygen atoms in total. The summed E-state index contributed by atoms with van der Waals surface area (Å²) in [6.07, 6.45) is 0. The zero-order valence-corrected chi connectivity index (χ0v) is 13.8. The maximum atomic E-state index is 12.1. The van der Waals surface area contributed by atoms with Crippen molar-refractivity contribution in [1.29, 1.82) is 0 Å². The molecule has 21 heavy (non-hydrogen) atoms. The second-order valence-corrected chi connectivity index (χ2v) is 6.17. The summed E-state index contributed by atoms with van der Waals surface area (Å²) in [5.74, 6) is -0.320. The molecule has 116 valence electrons. The Balaban J connectivity index is 2.66. The Morgan fingerprint density at radius 1 is 1.33 bits per heavy atom. The average Bonchev–Trinajstić information content (AvgIpc) is 2.30. The van der Waals surface area contributed by atoms with E-state index in [1.807, 2.05) is 13.8 Å². The Labute approximate surface area is 133 Å². The Hall–Kier alpha value is -1.60. The largest absolute Gasteiger partial charge is 0.399 e. The van der Waals surface area contributed by atoms with Crippen LogP contribution in [0.5, 0.6) is 0 Å². The van der Waals surface area contributed by atoms with Crippen LogP contribution in [0.4, 0.5) is 11.4 Å².